The number of nitrogens with zero attached hydrogens (tertiary/aromatic N) is 5. The predicted molar refractivity (Wildman–Crippen MR) is 90.1 cm³/mol. The molecule has 0 aromatic carbocycles. The van der Waals surface area contributed by atoms with Crippen LogP contribution in [0.5, 0.6) is 0 Å². The third kappa shape index (κ3) is 3.01. The standard InChI is InChI=1S/C15H23N5OS/c1-4-5-12-10-13(21)20-14(16-12)22-15(17-20)19-8-6-18(7-9-19)11(2)3/h10-11H,4-9H2,1-3H3. The van der Waals surface area contributed by atoms with E-state index in [9.17, 15) is 4.79 Å². The Kier molecular flexibility index (Phi) is 4.44. The van der Waals surface area contributed by atoms with Crippen molar-refractivity contribution >= 4 is 21.4 Å². The average molecular weight is 321 g/mol. The van der Waals surface area contributed by atoms with E-state index in [1.807, 2.05) is 0 Å². The Morgan fingerprint density at radius 2 is 2.00 bits per heavy atom. The molecule has 22 heavy (non-hydrogen) atoms. The maximum Gasteiger partial charge on any atom is 0.275 e. The number of anilines is 1. The van der Waals surface area contributed by atoms with Crippen LogP contribution < -0.4 is 10.5 Å². The van der Waals surface area contributed by atoms with Crippen LogP contribution in [0.25, 0.3) is 4.96 Å². The Labute approximate surface area is 134 Å². The van der Waals surface area contributed by atoms with Gasteiger partial charge in [0.15, 0.2) is 0 Å². The zero-order valence-corrected chi connectivity index (χ0v) is 14.3. The van der Waals surface area contributed by atoms with Crippen LogP contribution in [-0.2, 0) is 6.42 Å². The molecule has 0 radical (unpaired) electrons. The zero-order chi connectivity index (χ0) is 15.7. The molecule has 1 aliphatic rings. The first-order valence-electron chi connectivity index (χ1n) is 7.97. The van der Waals surface area contributed by atoms with Crippen LogP contribution in [0.15, 0.2) is 10.9 Å². The molecule has 3 rings (SSSR count). The molecule has 1 aliphatic heterocycles. The number of fused-ring (bicyclic) bond motifs is 1. The van der Waals surface area contributed by atoms with Crippen LogP contribution in [0, 0.1) is 0 Å². The van der Waals surface area contributed by atoms with Crippen molar-refractivity contribution in [2.45, 2.75) is 39.7 Å². The maximum atomic E-state index is 12.2. The lowest BCUT2D eigenvalue weighted by molar-refractivity contribution is 0.209. The van der Waals surface area contributed by atoms with E-state index in [0.29, 0.717) is 11.0 Å². The van der Waals surface area contributed by atoms with Gasteiger partial charge in [0, 0.05) is 44.0 Å². The van der Waals surface area contributed by atoms with Gasteiger partial charge in [0.2, 0.25) is 10.1 Å². The first-order valence-corrected chi connectivity index (χ1v) is 8.79. The lowest BCUT2D eigenvalue weighted by Gasteiger charge is -2.36. The second kappa shape index (κ2) is 6.34. The van der Waals surface area contributed by atoms with E-state index in [1.165, 1.54) is 15.9 Å². The van der Waals surface area contributed by atoms with E-state index in [0.717, 1.165) is 49.8 Å². The highest BCUT2D eigenvalue weighted by Gasteiger charge is 2.22. The molecule has 0 amide bonds. The summed E-state index contributed by atoms with van der Waals surface area (Å²) in [6.45, 7) is 10.5. The number of hydrogen-bond acceptors (Lipinski definition) is 6. The lowest BCUT2D eigenvalue weighted by atomic mass is 10.2. The zero-order valence-electron chi connectivity index (χ0n) is 13.4. The highest BCUT2D eigenvalue weighted by Crippen LogP contribution is 2.23. The highest BCUT2D eigenvalue weighted by atomic mass is 32.1. The first-order chi connectivity index (χ1) is 10.6. The summed E-state index contributed by atoms with van der Waals surface area (Å²) in [5.74, 6) is 0. The topological polar surface area (TPSA) is 53.7 Å². The third-order valence-electron chi connectivity index (χ3n) is 4.11. The fourth-order valence-electron chi connectivity index (χ4n) is 2.79. The summed E-state index contributed by atoms with van der Waals surface area (Å²) in [5, 5.41) is 5.38. The molecule has 6 nitrogen and oxygen atoms in total. The predicted octanol–water partition coefficient (Wildman–Crippen LogP) is 1.63. The molecule has 0 N–H and O–H groups in total. The summed E-state index contributed by atoms with van der Waals surface area (Å²) in [4.78, 5) is 22.2. The van der Waals surface area contributed by atoms with Crippen molar-refractivity contribution < 1.29 is 0 Å². The molecule has 1 saturated heterocycles. The molecule has 2 aromatic heterocycles. The molecule has 0 unspecified atom stereocenters. The Morgan fingerprint density at radius 3 is 2.64 bits per heavy atom. The van der Waals surface area contributed by atoms with Crippen molar-refractivity contribution in [3.63, 3.8) is 0 Å². The largest absolute Gasteiger partial charge is 0.344 e. The second-order valence-electron chi connectivity index (χ2n) is 6.03. The maximum absolute atomic E-state index is 12.2. The minimum Gasteiger partial charge on any atom is -0.344 e. The molecule has 2 aromatic rings. The number of piperazine rings is 1. The Balaban J connectivity index is 1.83. The fraction of sp³-hybridized carbons (Fsp3) is 0.667. The highest BCUT2D eigenvalue weighted by molar-refractivity contribution is 7.20. The van der Waals surface area contributed by atoms with Crippen LogP contribution in [-0.4, -0.2) is 51.7 Å². The molecule has 7 heteroatoms. The first kappa shape index (κ1) is 15.4. The summed E-state index contributed by atoms with van der Waals surface area (Å²) in [6, 6.07) is 2.19. The van der Waals surface area contributed by atoms with Gasteiger partial charge in [-0.25, -0.2) is 4.98 Å². The summed E-state index contributed by atoms with van der Waals surface area (Å²) in [5.41, 5.74) is 0.795. The Bertz CT molecular complexity index is 700. The fourth-order valence-corrected chi connectivity index (χ4v) is 3.77. The Hall–Kier alpha value is -1.47. The van der Waals surface area contributed by atoms with Crippen LogP contribution >= 0.6 is 11.3 Å². The third-order valence-corrected chi connectivity index (χ3v) is 5.08. The summed E-state index contributed by atoms with van der Waals surface area (Å²) < 4.78 is 1.44. The average Bonchev–Trinajstić information content (AvgIpc) is 2.92. The van der Waals surface area contributed by atoms with Gasteiger partial charge in [0.25, 0.3) is 5.56 Å². The molecular weight excluding hydrogens is 298 g/mol. The van der Waals surface area contributed by atoms with E-state index in [-0.39, 0.29) is 5.56 Å². The van der Waals surface area contributed by atoms with Gasteiger partial charge >= 0.3 is 0 Å². The van der Waals surface area contributed by atoms with Gasteiger partial charge in [-0.05, 0) is 20.3 Å². The van der Waals surface area contributed by atoms with Gasteiger partial charge in [-0.3, -0.25) is 9.69 Å². The van der Waals surface area contributed by atoms with Crippen molar-refractivity contribution in [2.24, 2.45) is 0 Å². The molecule has 120 valence electrons. The summed E-state index contributed by atoms with van der Waals surface area (Å²) >= 11 is 1.52. The number of rotatable bonds is 4. The van der Waals surface area contributed by atoms with E-state index in [4.69, 9.17) is 0 Å². The van der Waals surface area contributed by atoms with Crippen molar-refractivity contribution in [1.29, 1.82) is 0 Å². The molecule has 0 bridgehead atoms. The van der Waals surface area contributed by atoms with Gasteiger partial charge in [-0.2, -0.15) is 4.52 Å². The minimum atomic E-state index is -0.0724. The van der Waals surface area contributed by atoms with Crippen LogP contribution in [0.2, 0.25) is 0 Å². The van der Waals surface area contributed by atoms with Gasteiger partial charge in [0.1, 0.15) is 0 Å². The van der Waals surface area contributed by atoms with E-state index >= 15 is 0 Å². The smallest absolute Gasteiger partial charge is 0.275 e. The molecule has 0 saturated carbocycles. The molecular formula is C15H23N5OS. The monoisotopic (exact) mass is 321 g/mol. The summed E-state index contributed by atoms with van der Waals surface area (Å²) in [7, 11) is 0. The van der Waals surface area contributed by atoms with Gasteiger partial charge in [-0.1, -0.05) is 24.7 Å². The van der Waals surface area contributed by atoms with Crippen molar-refractivity contribution in [3.8, 4) is 0 Å². The van der Waals surface area contributed by atoms with E-state index in [1.54, 1.807) is 6.07 Å². The van der Waals surface area contributed by atoms with Crippen LogP contribution in [0.3, 0.4) is 0 Å². The summed E-state index contributed by atoms with van der Waals surface area (Å²) in [6.07, 6.45) is 1.83. The number of aromatic nitrogens is 3. The molecule has 0 atom stereocenters. The Morgan fingerprint density at radius 1 is 1.27 bits per heavy atom. The van der Waals surface area contributed by atoms with Crippen molar-refractivity contribution in [2.75, 3.05) is 31.1 Å². The van der Waals surface area contributed by atoms with Gasteiger partial charge in [0.05, 0.1) is 0 Å². The number of hydrogen-bond donors (Lipinski definition) is 0. The molecule has 3 heterocycles. The second-order valence-corrected chi connectivity index (χ2v) is 6.97. The van der Waals surface area contributed by atoms with E-state index < -0.39 is 0 Å². The normalized spacial score (nSPS) is 16.8. The SMILES string of the molecule is CCCc1cc(=O)n2nc(N3CCN(C(C)C)CC3)sc2n1. The quantitative estimate of drug-likeness (QED) is 0.857. The number of aryl methyl sites for hydroxylation is 1. The molecule has 1 fully saturated rings. The minimum absolute atomic E-state index is 0.0724. The van der Waals surface area contributed by atoms with Crippen LogP contribution in [0.1, 0.15) is 32.9 Å². The van der Waals surface area contributed by atoms with Gasteiger partial charge < -0.3 is 4.90 Å². The molecule has 0 spiro atoms. The van der Waals surface area contributed by atoms with Crippen molar-refractivity contribution in [3.05, 3.63) is 22.1 Å². The van der Waals surface area contributed by atoms with Crippen molar-refractivity contribution in [1.82, 2.24) is 19.5 Å². The van der Waals surface area contributed by atoms with E-state index in [2.05, 4.69) is 40.7 Å². The molecule has 0 aliphatic carbocycles. The van der Waals surface area contributed by atoms with Gasteiger partial charge in [-0.15, -0.1) is 5.10 Å². The van der Waals surface area contributed by atoms with Crippen LogP contribution in [0.4, 0.5) is 5.13 Å². The lowest BCUT2D eigenvalue weighted by Crippen LogP contribution is -2.48.